The summed E-state index contributed by atoms with van der Waals surface area (Å²) in [5, 5.41) is 16.6. The van der Waals surface area contributed by atoms with E-state index in [0.29, 0.717) is 18.8 Å². The lowest BCUT2D eigenvalue weighted by Crippen LogP contribution is -2.49. The first-order valence-electron chi connectivity index (χ1n) is 7.44. The van der Waals surface area contributed by atoms with Crippen LogP contribution in [-0.4, -0.2) is 29.5 Å². The number of nitrogens with zero attached hydrogens (tertiary/aromatic N) is 1. The minimum absolute atomic E-state index is 0. The molecule has 8 heteroatoms. The number of hydrogen-bond acceptors (Lipinski definition) is 5. The average Bonchev–Trinajstić information content (AvgIpc) is 2.53. The average molecular weight is 345 g/mol. The number of benzene rings is 1. The van der Waals surface area contributed by atoms with Gasteiger partial charge in [0.15, 0.2) is 0 Å². The lowest BCUT2D eigenvalue weighted by atomic mass is 9.94. The normalized spacial score (nSPS) is 10.6. The molecule has 0 aromatic heterocycles. The molecule has 1 aromatic carbocycles. The highest BCUT2D eigenvalue weighted by molar-refractivity contribution is 5.85. The molecule has 0 radical (unpaired) electrons. The second-order valence-electron chi connectivity index (χ2n) is 5.30. The zero-order valence-corrected chi connectivity index (χ0v) is 14.3. The molecule has 0 heterocycles. The third-order valence-electron chi connectivity index (χ3n) is 3.81. The second kappa shape index (κ2) is 10.0. The maximum atomic E-state index is 11.8. The molecule has 0 bridgehead atoms. The Bertz CT molecular complexity index is 521. The van der Waals surface area contributed by atoms with Crippen LogP contribution in [0.2, 0.25) is 0 Å². The molecule has 0 atom stereocenters. The van der Waals surface area contributed by atoms with E-state index in [-0.39, 0.29) is 36.0 Å². The highest BCUT2D eigenvalue weighted by Gasteiger charge is 2.20. The summed E-state index contributed by atoms with van der Waals surface area (Å²) in [7, 11) is 0. The number of anilines is 1. The summed E-state index contributed by atoms with van der Waals surface area (Å²) in [6.07, 6.45) is 1.81. The molecule has 0 fully saturated rings. The number of carbonyl (C=O) groups is 1. The minimum Gasteiger partial charge on any atom is -0.379 e. The molecule has 130 valence electrons. The van der Waals surface area contributed by atoms with Crippen LogP contribution < -0.4 is 16.4 Å². The number of para-hydroxylation sites is 2. The quantitative estimate of drug-likeness (QED) is 0.470. The summed E-state index contributed by atoms with van der Waals surface area (Å²) in [6, 6.07) is 6.36. The third kappa shape index (κ3) is 6.83. The van der Waals surface area contributed by atoms with E-state index in [1.54, 1.807) is 18.2 Å². The van der Waals surface area contributed by atoms with Crippen molar-refractivity contribution in [2.45, 2.75) is 38.6 Å². The maximum Gasteiger partial charge on any atom is 0.292 e. The van der Waals surface area contributed by atoms with Gasteiger partial charge in [-0.2, -0.15) is 0 Å². The van der Waals surface area contributed by atoms with Gasteiger partial charge < -0.3 is 16.4 Å². The first-order chi connectivity index (χ1) is 10.4. The molecule has 0 saturated heterocycles. The fraction of sp³-hybridized carbons (Fsp3) is 0.533. The molecule has 7 nitrogen and oxygen atoms in total. The van der Waals surface area contributed by atoms with E-state index in [1.807, 2.05) is 13.8 Å². The van der Waals surface area contributed by atoms with Crippen molar-refractivity contribution in [3.8, 4) is 0 Å². The van der Waals surface area contributed by atoms with Gasteiger partial charge in [0.25, 0.3) is 5.69 Å². The summed E-state index contributed by atoms with van der Waals surface area (Å²) in [6.45, 7) is 4.74. The largest absolute Gasteiger partial charge is 0.379 e. The molecule has 0 aliphatic carbocycles. The van der Waals surface area contributed by atoms with Crippen LogP contribution in [0.5, 0.6) is 0 Å². The fourth-order valence-electron chi connectivity index (χ4n) is 1.96. The second-order valence-corrected chi connectivity index (χ2v) is 5.30. The molecule has 4 N–H and O–H groups in total. The highest BCUT2D eigenvalue weighted by atomic mass is 35.5. The standard InChI is InChI=1S/C15H24N4O3.ClH/c1-3-15(16,4-2)11-18-14(20)9-10-17-12-7-5-6-8-13(12)19(21)22;/h5-8,17H,3-4,9-11,16H2,1-2H3,(H,18,20);1H. The number of amides is 1. The Kier molecular flexibility index (Phi) is 9.21. The lowest BCUT2D eigenvalue weighted by molar-refractivity contribution is -0.384. The van der Waals surface area contributed by atoms with Crippen molar-refractivity contribution in [3.63, 3.8) is 0 Å². The Morgan fingerprint density at radius 3 is 2.48 bits per heavy atom. The van der Waals surface area contributed by atoms with Crippen LogP contribution in [0.25, 0.3) is 0 Å². The number of nitro groups is 1. The van der Waals surface area contributed by atoms with Crippen LogP contribution in [-0.2, 0) is 4.79 Å². The van der Waals surface area contributed by atoms with Gasteiger partial charge in [0.05, 0.1) is 4.92 Å². The summed E-state index contributed by atoms with van der Waals surface area (Å²) in [5.74, 6) is -0.122. The van der Waals surface area contributed by atoms with E-state index in [0.717, 1.165) is 12.8 Å². The topological polar surface area (TPSA) is 110 Å². The van der Waals surface area contributed by atoms with Crippen LogP contribution in [0.3, 0.4) is 0 Å². The lowest BCUT2D eigenvalue weighted by Gasteiger charge is -2.26. The molecule has 1 amide bonds. The van der Waals surface area contributed by atoms with Gasteiger partial charge in [-0.3, -0.25) is 14.9 Å². The van der Waals surface area contributed by atoms with Crippen molar-refractivity contribution in [2.24, 2.45) is 5.73 Å². The smallest absolute Gasteiger partial charge is 0.292 e. The number of carbonyl (C=O) groups excluding carboxylic acids is 1. The first-order valence-corrected chi connectivity index (χ1v) is 7.44. The number of hydrogen-bond donors (Lipinski definition) is 3. The zero-order valence-electron chi connectivity index (χ0n) is 13.5. The van der Waals surface area contributed by atoms with Gasteiger partial charge >= 0.3 is 0 Å². The first kappa shape index (κ1) is 21.1. The molecular weight excluding hydrogens is 320 g/mol. The summed E-state index contributed by atoms with van der Waals surface area (Å²) < 4.78 is 0. The van der Waals surface area contributed by atoms with Crippen LogP contribution in [0.1, 0.15) is 33.1 Å². The molecule has 0 saturated carbocycles. The van der Waals surface area contributed by atoms with E-state index in [4.69, 9.17) is 5.73 Å². The predicted molar refractivity (Wildman–Crippen MR) is 94.0 cm³/mol. The zero-order chi connectivity index (χ0) is 16.6. The van der Waals surface area contributed by atoms with Crippen molar-refractivity contribution in [1.29, 1.82) is 0 Å². The van der Waals surface area contributed by atoms with Crippen molar-refractivity contribution in [3.05, 3.63) is 34.4 Å². The number of nitrogens with one attached hydrogen (secondary N) is 2. The molecule has 0 unspecified atom stereocenters. The van der Waals surface area contributed by atoms with Crippen LogP contribution in [0.15, 0.2) is 24.3 Å². The SMILES string of the molecule is CCC(N)(CC)CNC(=O)CCNc1ccccc1[N+](=O)[O-].Cl. The van der Waals surface area contributed by atoms with Gasteiger partial charge in [0.1, 0.15) is 5.69 Å². The summed E-state index contributed by atoms with van der Waals surface area (Å²) in [4.78, 5) is 22.2. The Labute approximate surface area is 142 Å². The van der Waals surface area contributed by atoms with Gasteiger partial charge in [-0.15, -0.1) is 12.4 Å². The monoisotopic (exact) mass is 344 g/mol. The molecular formula is C15H25ClN4O3. The van der Waals surface area contributed by atoms with Gasteiger partial charge in [0, 0.05) is 31.1 Å². The Hall–Kier alpha value is -1.86. The van der Waals surface area contributed by atoms with Crippen molar-refractivity contribution in [1.82, 2.24) is 5.32 Å². The van der Waals surface area contributed by atoms with Gasteiger partial charge in [-0.25, -0.2) is 0 Å². The Morgan fingerprint density at radius 2 is 1.91 bits per heavy atom. The van der Waals surface area contributed by atoms with Crippen molar-refractivity contribution in [2.75, 3.05) is 18.4 Å². The number of rotatable bonds is 9. The Balaban J connectivity index is 0.00000484. The molecule has 0 spiro atoms. The van der Waals surface area contributed by atoms with Crippen molar-refractivity contribution >= 4 is 29.7 Å². The molecule has 1 rings (SSSR count). The molecule has 23 heavy (non-hydrogen) atoms. The number of nitrogens with two attached hydrogens (primary N) is 1. The maximum absolute atomic E-state index is 11.8. The fourth-order valence-corrected chi connectivity index (χ4v) is 1.96. The van der Waals surface area contributed by atoms with E-state index >= 15 is 0 Å². The van der Waals surface area contributed by atoms with E-state index in [1.165, 1.54) is 6.07 Å². The predicted octanol–water partition coefficient (Wildman–Crippen LogP) is 2.45. The summed E-state index contributed by atoms with van der Waals surface area (Å²) in [5.41, 5.74) is 6.15. The Morgan fingerprint density at radius 1 is 1.30 bits per heavy atom. The highest BCUT2D eigenvalue weighted by Crippen LogP contribution is 2.22. The van der Waals surface area contributed by atoms with Crippen LogP contribution in [0.4, 0.5) is 11.4 Å². The molecule has 1 aromatic rings. The van der Waals surface area contributed by atoms with Gasteiger partial charge in [-0.05, 0) is 18.9 Å². The van der Waals surface area contributed by atoms with Crippen molar-refractivity contribution < 1.29 is 9.72 Å². The number of halogens is 1. The van der Waals surface area contributed by atoms with E-state index < -0.39 is 4.92 Å². The van der Waals surface area contributed by atoms with E-state index in [2.05, 4.69) is 10.6 Å². The van der Waals surface area contributed by atoms with Crippen LogP contribution >= 0.6 is 12.4 Å². The molecule has 0 aliphatic heterocycles. The van der Waals surface area contributed by atoms with Gasteiger partial charge in [0.2, 0.25) is 5.91 Å². The minimum atomic E-state index is -0.451. The number of nitro benzene ring substituents is 1. The van der Waals surface area contributed by atoms with Gasteiger partial charge in [-0.1, -0.05) is 26.0 Å². The molecule has 0 aliphatic rings. The van der Waals surface area contributed by atoms with Crippen LogP contribution in [0, 0.1) is 10.1 Å². The third-order valence-corrected chi connectivity index (χ3v) is 3.81. The van der Waals surface area contributed by atoms with E-state index in [9.17, 15) is 14.9 Å². The summed E-state index contributed by atoms with van der Waals surface area (Å²) >= 11 is 0.